The standard InChI is InChI=1S/C48H38N8/c1-3-46-47(4-2)53-56(52-46)44-22-14-21-43(34-44)55(39-18-9-6-10-19-39)41-31-27-36(28-32-41)35-25-29-40(30-26-35)54(38-16-7-5-8-17-38)42-20-13-15-37(33-42)50-51-48-24-12-11-23-45(48)49/h3-34,49-50H,1-2H2/b49-45?,51-48-. The van der Waals surface area contributed by atoms with Crippen LogP contribution in [0.15, 0.2) is 200 Å². The fraction of sp³-hybridized carbons (Fsp3) is 0. The molecule has 0 fully saturated rings. The van der Waals surface area contributed by atoms with Crippen LogP contribution < -0.4 is 15.2 Å². The third-order valence-electron chi connectivity index (χ3n) is 9.30. The van der Waals surface area contributed by atoms with Crippen LogP contribution in [0.1, 0.15) is 11.4 Å². The lowest BCUT2D eigenvalue weighted by Crippen LogP contribution is -2.12. The molecule has 0 aliphatic heterocycles. The van der Waals surface area contributed by atoms with Crippen LogP contribution in [-0.4, -0.2) is 26.4 Å². The molecule has 1 heterocycles. The van der Waals surface area contributed by atoms with Gasteiger partial charge in [0.1, 0.15) is 17.1 Å². The van der Waals surface area contributed by atoms with Gasteiger partial charge in [-0.25, -0.2) is 0 Å². The van der Waals surface area contributed by atoms with Crippen molar-refractivity contribution in [2.45, 2.75) is 0 Å². The Morgan fingerprint density at radius 3 is 1.55 bits per heavy atom. The number of benzene rings is 6. The topological polar surface area (TPSA) is 85.4 Å². The number of nitrogens with one attached hydrogen (secondary N) is 2. The zero-order valence-electron chi connectivity index (χ0n) is 30.6. The molecule has 7 aromatic rings. The number of hydrogen-bond acceptors (Lipinski definition) is 7. The van der Waals surface area contributed by atoms with Crippen LogP contribution in [0.2, 0.25) is 0 Å². The minimum Gasteiger partial charge on any atom is -0.310 e. The van der Waals surface area contributed by atoms with Crippen LogP contribution in [0.3, 0.4) is 0 Å². The number of para-hydroxylation sites is 2. The van der Waals surface area contributed by atoms with E-state index >= 15 is 0 Å². The molecule has 0 bridgehead atoms. The summed E-state index contributed by atoms with van der Waals surface area (Å²) in [7, 11) is 0. The third-order valence-corrected chi connectivity index (χ3v) is 9.30. The average Bonchev–Trinajstić information content (AvgIpc) is 3.69. The van der Waals surface area contributed by atoms with Gasteiger partial charge in [-0.2, -0.15) is 9.90 Å². The molecule has 2 N–H and O–H groups in total. The number of hydrogen-bond donors (Lipinski definition) is 2. The minimum atomic E-state index is 0.366. The highest BCUT2D eigenvalue weighted by molar-refractivity contribution is 6.50. The van der Waals surface area contributed by atoms with Crippen molar-refractivity contribution in [3.8, 4) is 16.8 Å². The largest absolute Gasteiger partial charge is 0.310 e. The second-order valence-corrected chi connectivity index (χ2v) is 12.9. The summed E-state index contributed by atoms with van der Waals surface area (Å²) in [5, 5.41) is 21.9. The molecule has 0 amide bonds. The van der Waals surface area contributed by atoms with E-state index < -0.39 is 0 Å². The summed E-state index contributed by atoms with van der Waals surface area (Å²) in [5.74, 6) is 0. The van der Waals surface area contributed by atoms with Crippen LogP contribution in [0.25, 0.3) is 29.0 Å². The first-order valence-corrected chi connectivity index (χ1v) is 18.2. The minimum absolute atomic E-state index is 0.366. The number of hydrazone groups is 1. The molecule has 1 aliphatic carbocycles. The van der Waals surface area contributed by atoms with Gasteiger partial charge in [0.2, 0.25) is 0 Å². The fourth-order valence-electron chi connectivity index (χ4n) is 6.56. The van der Waals surface area contributed by atoms with E-state index in [2.05, 4.69) is 141 Å². The molecule has 8 heteroatoms. The van der Waals surface area contributed by atoms with Crippen LogP contribution in [0, 0.1) is 5.41 Å². The number of nitrogens with zero attached hydrogens (tertiary/aromatic N) is 6. The van der Waals surface area contributed by atoms with Crippen LogP contribution >= 0.6 is 0 Å². The van der Waals surface area contributed by atoms with E-state index in [9.17, 15) is 0 Å². The molecule has 56 heavy (non-hydrogen) atoms. The summed E-state index contributed by atoms with van der Waals surface area (Å²) >= 11 is 0. The summed E-state index contributed by atoms with van der Waals surface area (Å²) in [4.78, 5) is 6.07. The van der Waals surface area contributed by atoms with Gasteiger partial charge >= 0.3 is 0 Å². The van der Waals surface area contributed by atoms with Crippen molar-refractivity contribution in [3.63, 3.8) is 0 Å². The maximum absolute atomic E-state index is 8.15. The van der Waals surface area contributed by atoms with E-state index in [1.807, 2.05) is 78.9 Å². The van der Waals surface area contributed by atoms with Gasteiger partial charge in [-0.15, -0.1) is 10.2 Å². The lowest BCUT2D eigenvalue weighted by molar-refractivity contribution is 0.749. The van der Waals surface area contributed by atoms with Crippen molar-refractivity contribution in [2.24, 2.45) is 5.10 Å². The summed E-state index contributed by atoms with van der Waals surface area (Å²) in [6.07, 6.45) is 10.6. The summed E-state index contributed by atoms with van der Waals surface area (Å²) in [6, 6.07) is 54.2. The summed E-state index contributed by atoms with van der Waals surface area (Å²) in [6.45, 7) is 7.75. The number of aromatic nitrogens is 3. The van der Waals surface area contributed by atoms with Crippen LogP contribution in [0.5, 0.6) is 0 Å². The van der Waals surface area contributed by atoms with Crippen LogP contribution in [0.4, 0.5) is 39.8 Å². The normalized spacial score (nSPS) is 12.7. The van der Waals surface area contributed by atoms with Crippen molar-refractivity contribution >= 4 is 63.4 Å². The van der Waals surface area contributed by atoms with Crippen molar-refractivity contribution < 1.29 is 0 Å². The number of allylic oxidation sites excluding steroid dienone is 4. The van der Waals surface area contributed by atoms with Crippen LogP contribution in [-0.2, 0) is 0 Å². The van der Waals surface area contributed by atoms with Crippen molar-refractivity contribution in [1.29, 1.82) is 5.41 Å². The third kappa shape index (κ3) is 7.48. The van der Waals surface area contributed by atoms with Gasteiger partial charge in [-0.05, 0) is 120 Å². The van der Waals surface area contributed by atoms with Gasteiger partial charge in [0.05, 0.1) is 17.1 Å². The molecule has 0 spiro atoms. The van der Waals surface area contributed by atoms with Gasteiger partial charge in [-0.1, -0.05) is 98.1 Å². The maximum atomic E-state index is 8.15. The van der Waals surface area contributed by atoms with E-state index in [1.165, 1.54) is 0 Å². The first-order valence-electron chi connectivity index (χ1n) is 18.2. The van der Waals surface area contributed by atoms with E-state index in [0.29, 0.717) is 22.8 Å². The van der Waals surface area contributed by atoms with E-state index in [4.69, 9.17) is 5.41 Å². The van der Waals surface area contributed by atoms with Crippen molar-refractivity contribution in [1.82, 2.24) is 15.0 Å². The highest BCUT2D eigenvalue weighted by Gasteiger charge is 2.16. The molecule has 6 aromatic carbocycles. The molecule has 8 rings (SSSR count). The Labute approximate surface area is 326 Å². The Balaban J connectivity index is 1.08. The van der Waals surface area contributed by atoms with E-state index in [1.54, 1.807) is 23.0 Å². The molecule has 0 atom stereocenters. The molecule has 1 aliphatic rings. The molecule has 0 unspecified atom stereocenters. The Bertz CT molecular complexity index is 2580. The predicted molar refractivity (Wildman–Crippen MR) is 233 cm³/mol. The average molecular weight is 727 g/mol. The lowest BCUT2D eigenvalue weighted by atomic mass is 10.0. The van der Waals surface area contributed by atoms with Gasteiger partial charge in [0.25, 0.3) is 0 Å². The number of rotatable bonds is 12. The lowest BCUT2D eigenvalue weighted by Gasteiger charge is -2.26. The fourth-order valence-corrected chi connectivity index (χ4v) is 6.56. The Kier molecular flexibility index (Phi) is 10.1. The van der Waals surface area contributed by atoms with E-state index in [-0.39, 0.29) is 0 Å². The monoisotopic (exact) mass is 726 g/mol. The molecule has 0 radical (unpaired) electrons. The molecule has 270 valence electrons. The highest BCUT2D eigenvalue weighted by atomic mass is 15.5. The van der Waals surface area contributed by atoms with Gasteiger partial charge in [-0.3, -0.25) is 10.8 Å². The summed E-state index contributed by atoms with van der Waals surface area (Å²) < 4.78 is 0. The number of anilines is 7. The highest BCUT2D eigenvalue weighted by Crippen LogP contribution is 2.39. The maximum Gasteiger partial charge on any atom is 0.113 e. The zero-order chi connectivity index (χ0) is 38.3. The molecule has 0 saturated carbocycles. The smallest absolute Gasteiger partial charge is 0.113 e. The molecule has 8 nitrogen and oxygen atoms in total. The molecule has 1 aromatic heterocycles. The van der Waals surface area contributed by atoms with E-state index in [0.717, 1.165) is 56.6 Å². The quantitative estimate of drug-likeness (QED) is 0.0967. The van der Waals surface area contributed by atoms with Gasteiger partial charge < -0.3 is 9.80 Å². The van der Waals surface area contributed by atoms with Crippen molar-refractivity contribution in [3.05, 3.63) is 207 Å². The second kappa shape index (κ2) is 16.0. The zero-order valence-corrected chi connectivity index (χ0v) is 30.6. The molecular formula is C48H38N8. The second-order valence-electron chi connectivity index (χ2n) is 12.9. The Morgan fingerprint density at radius 1 is 0.536 bits per heavy atom. The predicted octanol–water partition coefficient (Wildman–Crippen LogP) is 12.1. The molecule has 0 saturated heterocycles. The van der Waals surface area contributed by atoms with Crippen molar-refractivity contribution in [2.75, 3.05) is 15.2 Å². The Morgan fingerprint density at radius 2 is 1.02 bits per heavy atom. The van der Waals surface area contributed by atoms with Gasteiger partial charge in [0.15, 0.2) is 0 Å². The molecular weight excluding hydrogens is 689 g/mol. The first kappa shape index (κ1) is 35.2. The summed E-state index contributed by atoms with van der Waals surface area (Å²) in [5.41, 5.74) is 15.4. The van der Waals surface area contributed by atoms with Gasteiger partial charge in [0, 0.05) is 34.1 Å². The first-order chi connectivity index (χ1) is 27.6. The Hall–Kier alpha value is -7.84. The SMILES string of the molecule is C=Cc1nn(-c2cccc(N(c3ccccc3)c3ccc(-c4ccc(N(c5ccccc5)c5cccc(N/N=C6/C=CC=CC6=N)c5)cc4)cc3)c2)nc1C=C.